The van der Waals surface area contributed by atoms with Gasteiger partial charge in [-0.05, 0) is 5.56 Å². The van der Waals surface area contributed by atoms with Gasteiger partial charge >= 0.3 is 6.03 Å². The fourth-order valence-electron chi connectivity index (χ4n) is 3.61. The predicted octanol–water partition coefficient (Wildman–Crippen LogP) is 1.42. The maximum absolute atomic E-state index is 11.7. The molecule has 2 aliphatic rings. The molecule has 0 saturated carbocycles. The minimum absolute atomic E-state index is 0.0346. The number of hydrogen-bond acceptors (Lipinski definition) is 4. The topological polar surface area (TPSA) is 54.0 Å². The van der Waals surface area contributed by atoms with Gasteiger partial charge in [-0.3, -0.25) is 4.90 Å². The minimum atomic E-state index is -0.0346. The Morgan fingerprint density at radius 3 is 2.88 bits per heavy atom. The number of fused-ring (bicyclic) bond motifs is 1. The van der Waals surface area contributed by atoms with E-state index in [0.29, 0.717) is 31.1 Å². The molecular weight excluding hydrogens is 318 g/mol. The van der Waals surface area contributed by atoms with Gasteiger partial charge in [-0.25, -0.2) is 4.79 Å². The zero-order valence-electron chi connectivity index (χ0n) is 15.2. The van der Waals surface area contributed by atoms with Crippen LogP contribution < -0.4 is 5.32 Å². The number of benzene rings is 1. The highest BCUT2D eigenvalue weighted by atomic mass is 16.5. The Labute approximate surface area is 150 Å². The van der Waals surface area contributed by atoms with Crippen molar-refractivity contribution in [3.8, 4) is 0 Å². The lowest BCUT2D eigenvalue weighted by atomic mass is 9.93. The molecule has 2 amide bonds. The van der Waals surface area contributed by atoms with Crippen LogP contribution >= 0.6 is 0 Å². The first-order valence-electron chi connectivity index (χ1n) is 9.04. The van der Waals surface area contributed by atoms with Crippen molar-refractivity contribution in [3.63, 3.8) is 0 Å². The zero-order valence-corrected chi connectivity index (χ0v) is 15.2. The van der Waals surface area contributed by atoms with Gasteiger partial charge in [0.2, 0.25) is 0 Å². The van der Waals surface area contributed by atoms with Crippen molar-refractivity contribution in [2.24, 2.45) is 11.8 Å². The number of nitrogens with zero attached hydrogens (tertiary/aromatic N) is 2. The molecule has 0 radical (unpaired) electrons. The maximum Gasteiger partial charge on any atom is 0.316 e. The molecule has 25 heavy (non-hydrogen) atoms. The van der Waals surface area contributed by atoms with Crippen LogP contribution in [0.1, 0.15) is 5.56 Å². The van der Waals surface area contributed by atoms with Gasteiger partial charge in [0.25, 0.3) is 0 Å². The Morgan fingerprint density at radius 1 is 1.32 bits per heavy atom. The number of likely N-dealkylation sites (tertiary alicyclic amines) is 1. The summed E-state index contributed by atoms with van der Waals surface area (Å²) in [6, 6.07) is 10.2. The van der Waals surface area contributed by atoms with Crippen LogP contribution in [0.2, 0.25) is 0 Å². The van der Waals surface area contributed by atoms with Crippen LogP contribution in [0.15, 0.2) is 30.3 Å². The van der Waals surface area contributed by atoms with Crippen molar-refractivity contribution in [2.45, 2.75) is 12.7 Å². The van der Waals surface area contributed by atoms with Crippen molar-refractivity contribution < 1.29 is 14.3 Å². The molecule has 2 aliphatic heterocycles. The van der Waals surface area contributed by atoms with Gasteiger partial charge in [-0.1, -0.05) is 30.3 Å². The van der Waals surface area contributed by atoms with E-state index in [1.807, 2.05) is 18.2 Å². The van der Waals surface area contributed by atoms with Gasteiger partial charge in [0.15, 0.2) is 0 Å². The number of nitrogens with one attached hydrogen (secondary N) is 1. The summed E-state index contributed by atoms with van der Waals surface area (Å²) in [6.45, 7) is 5.77. The van der Waals surface area contributed by atoms with Gasteiger partial charge in [-0.15, -0.1) is 0 Å². The molecule has 3 rings (SSSR count). The van der Waals surface area contributed by atoms with Crippen LogP contribution in [-0.2, 0) is 16.1 Å². The van der Waals surface area contributed by atoms with Crippen molar-refractivity contribution in [2.75, 3.05) is 53.5 Å². The first kappa shape index (κ1) is 18.2. The predicted molar refractivity (Wildman–Crippen MR) is 96.3 cm³/mol. The fourth-order valence-corrected chi connectivity index (χ4v) is 3.61. The lowest BCUT2D eigenvalue weighted by Crippen LogP contribution is -2.39. The van der Waals surface area contributed by atoms with E-state index in [1.54, 1.807) is 19.0 Å². The van der Waals surface area contributed by atoms with E-state index in [9.17, 15) is 4.79 Å². The molecule has 0 bridgehead atoms. The third kappa shape index (κ3) is 4.93. The summed E-state index contributed by atoms with van der Waals surface area (Å²) >= 11 is 0. The second kappa shape index (κ2) is 8.65. The summed E-state index contributed by atoms with van der Waals surface area (Å²) in [6.07, 6.45) is 0.301. The highest BCUT2D eigenvalue weighted by Crippen LogP contribution is 2.33. The second-order valence-corrected chi connectivity index (χ2v) is 7.17. The van der Waals surface area contributed by atoms with Gasteiger partial charge in [0.05, 0.1) is 25.9 Å². The Bertz CT molecular complexity index is 552. The summed E-state index contributed by atoms with van der Waals surface area (Å²) in [5, 5.41) is 2.99. The minimum Gasteiger partial charge on any atom is -0.376 e. The van der Waals surface area contributed by atoms with Gasteiger partial charge in [0.1, 0.15) is 0 Å². The summed E-state index contributed by atoms with van der Waals surface area (Å²) in [5.74, 6) is 0.917. The molecule has 3 atom stereocenters. The first-order chi connectivity index (χ1) is 12.1. The highest BCUT2D eigenvalue weighted by molar-refractivity contribution is 5.73. The Kier molecular flexibility index (Phi) is 6.29. The highest BCUT2D eigenvalue weighted by Gasteiger charge is 2.43. The molecule has 1 aromatic carbocycles. The first-order valence-corrected chi connectivity index (χ1v) is 9.04. The average Bonchev–Trinajstić information content (AvgIpc) is 3.18. The second-order valence-electron chi connectivity index (χ2n) is 7.17. The summed E-state index contributed by atoms with van der Waals surface area (Å²) in [4.78, 5) is 15.7. The number of rotatable bonds is 7. The van der Waals surface area contributed by atoms with Gasteiger partial charge in [0, 0.05) is 52.1 Å². The summed E-state index contributed by atoms with van der Waals surface area (Å²) in [5.41, 5.74) is 1.21. The largest absolute Gasteiger partial charge is 0.376 e. The lowest BCUT2D eigenvalue weighted by molar-refractivity contribution is 0.0742. The van der Waals surface area contributed by atoms with E-state index in [2.05, 4.69) is 22.3 Å². The molecule has 0 aliphatic carbocycles. The molecule has 2 heterocycles. The smallest absolute Gasteiger partial charge is 0.316 e. The van der Waals surface area contributed by atoms with E-state index in [0.717, 1.165) is 32.8 Å². The van der Waals surface area contributed by atoms with E-state index in [1.165, 1.54) is 5.56 Å². The lowest BCUT2D eigenvalue weighted by Gasteiger charge is -2.21. The zero-order chi connectivity index (χ0) is 17.6. The number of ether oxygens (including phenoxy) is 2. The SMILES string of the molecule is CN(C)C(=O)NC[C@@H]1CO[C@@H]2CN(CCOCc3ccccc3)C[C@H]12. The molecule has 6 nitrogen and oxygen atoms in total. The van der Waals surface area contributed by atoms with Crippen LogP contribution in [0.4, 0.5) is 4.79 Å². The average molecular weight is 347 g/mol. The molecule has 6 heteroatoms. The van der Waals surface area contributed by atoms with Crippen LogP contribution in [-0.4, -0.2) is 75.4 Å². The molecule has 0 unspecified atom stereocenters. The van der Waals surface area contributed by atoms with Crippen LogP contribution in [0.3, 0.4) is 0 Å². The third-order valence-electron chi connectivity index (χ3n) is 5.10. The van der Waals surface area contributed by atoms with E-state index in [4.69, 9.17) is 9.47 Å². The third-order valence-corrected chi connectivity index (χ3v) is 5.10. The number of hydrogen-bond donors (Lipinski definition) is 1. The van der Waals surface area contributed by atoms with Crippen molar-refractivity contribution in [1.82, 2.24) is 15.1 Å². The number of carbonyl (C=O) groups excluding carboxylic acids is 1. The maximum atomic E-state index is 11.7. The molecular formula is C19H29N3O3. The van der Waals surface area contributed by atoms with E-state index in [-0.39, 0.29) is 6.03 Å². The van der Waals surface area contributed by atoms with Gasteiger partial charge < -0.3 is 19.7 Å². The molecule has 1 aromatic rings. The molecule has 138 valence electrons. The van der Waals surface area contributed by atoms with E-state index < -0.39 is 0 Å². The molecule has 2 saturated heterocycles. The monoisotopic (exact) mass is 347 g/mol. The molecule has 2 fully saturated rings. The van der Waals surface area contributed by atoms with Gasteiger partial charge in [-0.2, -0.15) is 0 Å². The normalized spacial score (nSPS) is 25.8. The standard InChI is InChI=1S/C19H29N3O3/c1-21(2)19(23)20-10-16-14-25-18-12-22(11-17(16)18)8-9-24-13-15-6-4-3-5-7-15/h3-7,16-18H,8-14H2,1-2H3,(H,20,23)/t16-,17-,18-/m1/s1. The fraction of sp³-hybridized carbons (Fsp3) is 0.632. The summed E-state index contributed by atoms with van der Waals surface area (Å²) < 4.78 is 11.7. The van der Waals surface area contributed by atoms with E-state index >= 15 is 0 Å². The van der Waals surface area contributed by atoms with Crippen molar-refractivity contribution >= 4 is 6.03 Å². The number of urea groups is 1. The van der Waals surface area contributed by atoms with Crippen LogP contribution in [0, 0.1) is 11.8 Å². The Morgan fingerprint density at radius 2 is 2.12 bits per heavy atom. The van der Waals surface area contributed by atoms with Crippen molar-refractivity contribution in [3.05, 3.63) is 35.9 Å². The Hall–Kier alpha value is -1.63. The van der Waals surface area contributed by atoms with Crippen molar-refractivity contribution in [1.29, 1.82) is 0 Å². The summed E-state index contributed by atoms with van der Waals surface area (Å²) in [7, 11) is 3.52. The number of amides is 2. The molecule has 1 N–H and O–H groups in total. The molecule has 0 aromatic heterocycles. The number of carbonyl (C=O) groups is 1. The Balaban J connectivity index is 1.36. The molecule has 0 spiro atoms. The quantitative estimate of drug-likeness (QED) is 0.758. The van der Waals surface area contributed by atoms with Crippen LogP contribution in [0.5, 0.6) is 0 Å². The van der Waals surface area contributed by atoms with Crippen LogP contribution in [0.25, 0.3) is 0 Å².